The van der Waals surface area contributed by atoms with Gasteiger partial charge in [0, 0.05) is 29.9 Å². The summed E-state index contributed by atoms with van der Waals surface area (Å²) in [5.74, 6) is 0.424. The maximum absolute atomic E-state index is 12.4. The number of aryl methyl sites for hydroxylation is 2. The van der Waals surface area contributed by atoms with Gasteiger partial charge >= 0.3 is 0 Å². The number of likely N-dealkylation sites (tertiary alicyclic amines) is 1. The Morgan fingerprint density at radius 3 is 2.69 bits per heavy atom. The lowest BCUT2D eigenvalue weighted by molar-refractivity contribution is 0.343. The highest BCUT2D eigenvalue weighted by Crippen LogP contribution is 2.26. The van der Waals surface area contributed by atoms with Crippen molar-refractivity contribution in [3.8, 4) is 11.3 Å². The summed E-state index contributed by atoms with van der Waals surface area (Å²) in [5, 5.41) is -0.113. The molecule has 0 spiro atoms. The van der Waals surface area contributed by atoms with Crippen molar-refractivity contribution in [1.29, 1.82) is 0 Å². The number of rotatable bonds is 7. The minimum atomic E-state index is -3.69. The van der Waals surface area contributed by atoms with Crippen LogP contribution < -0.4 is 10.3 Å². The van der Waals surface area contributed by atoms with Crippen LogP contribution in [-0.2, 0) is 16.4 Å². The van der Waals surface area contributed by atoms with Crippen LogP contribution in [0.25, 0.3) is 11.3 Å². The van der Waals surface area contributed by atoms with Crippen LogP contribution in [0.2, 0.25) is 0 Å². The summed E-state index contributed by atoms with van der Waals surface area (Å²) in [5.41, 5.74) is 1.85. The van der Waals surface area contributed by atoms with Crippen molar-refractivity contribution < 1.29 is 12.8 Å². The summed E-state index contributed by atoms with van der Waals surface area (Å²) >= 11 is 0. The third kappa shape index (κ3) is 4.08. The number of hydrogen-bond acceptors (Lipinski definition) is 5. The zero-order chi connectivity index (χ0) is 18.7. The van der Waals surface area contributed by atoms with Gasteiger partial charge in [-0.15, -0.1) is 0 Å². The predicted molar refractivity (Wildman–Crippen MR) is 99.7 cm³/mol. The van der Waals surface area contributed by atoms with Crippen molar-refractivity contribution in [2.45, 2.75) is 38.2 Å². The SMILES string of the molecule is CCc1cc(-c2ccc(S(=O)(=O)NCCN3CCCC3)o2)c(C)[nH]c1=O. The fourth-order valence-corrected chi connectivity index (χ4v) is 4.16. The largest absolute Gasteiger partial charge is 0.443 e. The number of sulfonamides is 1. The molecule has 0 atom stereocenters. The minimum absolute atomic E-state index is 0.113. The molecule has 0 radical (unpaired) electrons. The second-order valence-electron chi connectivity index (χ2n) is 6.58. The molecule has 1 saturated heterocycles. The van der Waals surface area contributed by atoms with Gasteiger partial charge in [0.15, 0.2) is 0 Å². The molecule has 0 saturated carbocycles. The molecular weight excluding hydrogens is 354 g/mol. The van der Waals surface area contributed by atoms with Crippen LogP contribution in [-0.4, -0.2) is 44.5 Å². The zero-order valence-electron chi connectivity index (χ0n) is 15.2. The quantitative estimate of drug-likeness (QED) is 0.766. The molecule has 2 aromatic heterocycles. The summed E-state index contributed by atoms with van der Waals surface area (Å²) in [6, 6.07) is 4.82. The maximum Gasteiger partial charge on any atom is 0.274 e. The van der Waals surface area contributed by atoms with Gasteiger partial charge in [-0.2, -0.15) is 0 Å². The number of aromatic amines is 1. The van der Waals surface area contributed by atoms with Crippen LogP contribution in [0.15, 0.2) is 32.5 Å². The molecule has 8 heteroatoms. The van der Waals surface area contributed by atoms with E-state index in [0.29, 0.717) is 42.1 Å². The van der Waals surface area contributed by atoms with Crippen LogP contribution >= 0.6 is 0 Å². The van der Waals surface area contributed by atoms with E-state index in [9.17, 15) is 13.2 Å². The molecule has 1 fully saturated rings. The lowest BCUT2D eigenvalue weighted by Crippen LogP contribution is -2.33. The van der Waals surface area contributed by atoms with E-state index in [1.54, 1.807) is 19.1 Å². The average molecular weight is 379 g/mol. The molecule has 3 heterocycles. The zero-order valence-corrected chi connectivity index (χ0v) is 16.0. The number of nitrogens with zero attached hydrogens (tertiary/aromatic N) is 1. The molecule has 1 aliphatic rings. The molecule has 0 aliphatic carbocycles. The molecule has 2 N–H and O–H groups in total. The highest BCUT2D eigenvalue weighted by molar-refractivity contribution is 7.89. The van der Waals surface area contributed by atoms with Crippen LogP contribution in [0.4, 0.5) is 0 Å². The van der Waals surface area contributed by atoms with Crippen LogP contribution in [0, 0.1) is 6.92 Å². The first-order chi connectivity index (χ1) is 12.4. The smallest absolute Gasteiger partial charge is 0.274 e. The minimum Gasteiger partial charge on any atom is -0.443 e. The summed E-state index contributed by atoms with van der Waals surface area (Å²) in [7, 11) is -3.69. The molecule has 26 heavy (non-hydrogen) atoms. The molecule has 2 aromatic rings. The Morgan fingerprint density at radius 1 is 1.27 bits per heavy atom. The van der Waals surface area contributed by atoms with Gasteiger partial charge in [0.2, 0.25) is 5.09 Å². The molecule has 3 rings (SSSR count). The number of pyridine rings is 1. The Bertz CT molecular complexity index is 924. The van der Waals surface area contributed by atoms with Gasteiger partial charge in [-0.3, -0.25) is 4.79 Å². The lowest BCUT2D eigenvalue weighted by atomic mass is 10.1. The number of aromatic nitrogens is 1. The number of hydrogen-bond donors (Lipinski definition) is 2. The highest BCUT2D eigenvalue weighted by atomic mass is 32.2. The van der Waals surface area contributed by atoms with Gasteiger partial charge in [-0.25, -0.2) is 13.1 Å². The van der Waals surface area contributed by atoms with Crippen molar-refractivity contribution in [3.05, 3.63) is 39.8 Å². The first-order valence-corrected chi connectivity index (χ1v) is 10.4. The Balaban J connectivity index is 1.75. The van der Waals surface area contributed by atoms with Gasteiger partial charge in [0.25, 0.3) is 15.6 Å². The number of furan rings is 1. The van der Waals surface area contributed by atoms with E-state index in [1.807, 2.05) is 6.92 Å². The van der Waals surface area contributed by atoms with Crippen molar-refractivity contribution in [2.75, 3.05) is 26.2 Å². The third-order valence-corrected chi connectivity index (χ3v) is 6.06. The summed E-state index contributed by atoms with van der Waals surface area (Å²) in [4.78, 5) is 16.9. The van der Waals surface area contributed by atoms with Gasteiger partial charge in [-0.05, 0) is 57.5 Å². The molecule has 142 valence electrons. The summed E-state index contributed by atoms with van der Waals surface area (Å²) < 4.78 is 33.0. The predicted octanol–water partition coefficient (Wildman–Crippen LogP) is 1.88. The van der Waals surface area contributed by atoms with Crippen molar-refractivity contribution in [3.63, 3.8) is 0 Å². The Hall–Kier alpha value is -1.90. The molecule has 7 nitrogen and oxygen atoms in total. The molecular formula is C18H25N3O4S. The van der Waals surface area contributed by atoms with Crippen LogP contribution in [0.5, 0.6) is 0 Å². The van der Waals surface area contributed by atoms with Crippen LogP contribution in [0.3, 0.4) is 0 Å². The van der Waals surface area contributed by atoms with Crippen molar-refractivity contribution >= 4 is 10.0 Å². The van der Waals surface area contributed by atoms with Crippen molar-refractivity contribution in [2.24, 2.45) is 0 Å². The third-order valence-electron chi connectivity index (χ3n) is 4.73. The van der Waals surface area contributed by atoms with E-state index in [1.165, 1.54) is 18.9 Å². The monoisotopic (exact) mass is 379 g/mol. The van der Waals surface area contributed by atoms with E-state index >= 15 is 0 Å². The molecule has 0 unspecified atom stereocenters. The first-order valence-electron chi connectivity index (χ1n) is 8.95. The molecule has 1 aliphatic heterocycles. The van der Waals surface area contributed by atoms with E-state index in [4.69, 9.17) is 4.42 Å². The number of nitrogens with one attached hydrogen (secondary N) is 2. The average Bonchev–Trinajstić information content (AvgIpc) is 3.26. The van der Waals surface area contributed by atoms with Crippen LogP contribution in [0.1, 0.15) is 31.0 Å². The first kappa shape index (κ1) is 18.9. The standard InChI is InChI=1S/C18H25N3O4S/c1-3-14-12-15(13(2)20-18(14)22)16-6-7-17(25-16)26(23,24)19-8-11-21-9-4-5-10-21/h6-7,12,19H,3-5,8-11H2,1-2H3,(H,20,22). The molecule has 0 aromatic carbocycles. The van der Waals surface area contributed by atoms with Gasteiger partial charge in [0.1, 0.15) is 5.76 Å². The Kier molecular flexibility index (Phi) is 5.64. The fraction of sp³-hybridized carbons (Fsp3) is 0.500. The van der Waals surface area contributed by atoms with Gasteiger partial charge < -0.3 is 14.3 Å². The van der Waals surface area contributed by atoms with E-state index in [2.05, 4.69) is 14.6 Å². The normalized spacial score (nSPS) is 15.6. The van der Waals surface area contributed by atoms with E-state index in [-0.39, 0.29) is 10.7 Å². The fourth-order valence-electron chi connectivity index (χ4n) is 3.21. The highest BCUT2D eigenvalue weighted by Gasteiger charge is 2.21. The van der Waals surface area contributed by atoms with E-state index < -0.39 is 10.0 Å². The second kappa shape index (κ2) is 7.77. The van der Waals surface area contributed by atoms with Gasteiger partial charge in [-0.1, -0.05) is 6.92 Å². The molecule has 0 bridgehead atoms. The lowest BCUT2D eigenvalue weighted by Gasteiger charge is -2.14. The second-order valence-corrected chi connectivity index (χ2v) is 8.28. The topological polar surface area (TPSA) is 95.4 Å². The Labute approximate surface area is 153 Å². The number of H-pyrrole nitrogens is 1. The maximum atomic E-state index is 12.4. The van der Waals surface area contributed by atoms with Crippen molar-refractivity contribution in [1.82, 2.24) is 14.6 Å². The molecule has 0 amide bonds. The van der Waals surface area contributed by atoms with E-state index in [0.717, 1.165) is 13.1 Å². The summed E-state index contributed by atoms with van der Waals surface area (Å²) in [6.07, 6.45) is 2.94. The Morgan fingerprint density at radius 2 is 2.00 bits per heavy atom. The van der Waals surface area contributed by atoms with Gasteiger partial charge in [0.05, 0.1) is 0 Å². The summed E-state index contributed by atoms with van der Waals surface area (Å²) in [6.45, 7) is 6.77.